The molecule has 1 aromatic heterocycles. The number of thiazole rings is 1. The highest BCUT2D eigenvalue weighted by atomic mass is 32.2. The molecule has 0 saturated heterocycles. The maximum Gasteiger partial charge on any atom is 0.265 e. The van der Waals surface area contributed by atoms with Crippen LogP contribution in [-0.2, 0) is 9.59 Å². The van der Waals surface area contributed by atoms with Gasteiger partial charge in [0.05, 0.1) is 0 Å². The van der Waals surface area contributed by atoms with Gasteiger partial charge in [0.2, 0.25) is 12.0 Å². The zero-order valence-corrected chi connectivity index (χ0v) is 16.7. The van der Waals surface area contributed by atoms with Gasteiger partial charge in [-0.3, -0.25) is 9.59 Å². The second-order valence-corrected chi connectivity index (χ2v) is 8.19. The van der Waals surface area contributed by atoms with E-state index in [9.17, 15) is 9.59 Å². The Morgan fingerprint density at radius 3 is 2.85 bits per heavy atom. The summed E-state index contributed by atoms with van der Waals surface area (Å²) in [5.74, 6) is 1.20. The Bertz CT molecular complexity index is 811. The summed E-state index contributed by atoms with van der Waals surface area (Å²) in [6.45, 7) is 2.02. The van der Waals surface area contributed by atoms with Crippen LogP contribution in [0.2, 0.25) is 0 Å². The van der Waals surface area contributed by atoms with Crippen molar-refractivity contribution in [1.82, 2.24) is 10.3 Å². The predicted octanol–water partition coefficient (Wildman–Crippen LogP) is 2.47. The average molecular weight is 408 g/mol. The highest BCUT2D eigenvalue weighted by Gasteiger charge is 2.30. The first-order valence-electron chi connectivity index (χ1n) is 8.48. The van der Waals surface area contributed by atoms with Gasteiger partial charge in [0, 0.05) is 11.1 Å². The van der Waals surface area contributed by atoms with Crippen LogP contribution in [0.1, 0.15) is 11.3 Å². The van der Waals surface area contributed by atoms with Gasteiger partial charge in [-0.25, -0.2) is 4.98 Å². The predicted molar refractivity (Wildman–Crippen MR) is 107 cm³/mol. The number of hydrogen-bond acceptors (Lipinski definition) is 7. The number of aryl methyl sites for hydroxylation is 1. The Balaban J connectivity index is 1.63. The Morgan fingerprint density at radius 2 is 2.15 bits per heavy atom. The number of thioether (sulfide) groups is 1. The molecule has 2 amide bonds. The molecule has 9 heteroatoms. The summed E-state index contributed by atoms with van der Waals surface area (Å²) < 4.78 is 11.3. The SMILES string of the molecule is CSCC[C@H](NC(=O)[C@@H]1COc2ccccc2O1)C(=O)Nc1ncc(C)s1. The Labute approximate surface area is 165 Å². The van der Waals surface area contributed by atoms with Crippen molar-refractivity contribution in [2.24, 2.45) is 0 Å². The van der Waals surface area contributed by atoms with Crippen molar-refractivity contribution in [2.45, 2.75) is 25.5 Å². The standard InChI is InChI=1S/C18H21N3O4S2/c1-11-9-19-18(27-11)21-16(22)12(7-8-26-2)20-17(23)15-10-24-13-5-3-4-6-14(13)25-15/h3-6,9,12,15H,7-8,10H2,1-2H3,(H,20,23)(H,19,21,22)/t12-,15-/m0/s1. The molecule has 2 atom stereocenters. The number of ether oxygens (including phenoxy) is 2. The summed E-state index contributed by atoms with van der Waals surface area (Å²) in [4.78, 5) is 30.4. The second kappa shape index (κ2) is 9.09. The van der Waals surface area contributed by atoms with Crippen LogP contribution in [0.25, 0.3) is 0 Å². The lowest BCUT2D eigenvalue weighted by Gasteiger charge is -2.27. The number of rotatable bonds is 7. The van der Waals surface area contributed by atoms with E-state index in [2.05, 4.69) is 15.6 Å². The van der Waals surface area contributed by atoms with Gasteiger partial charge in [0.1, 0.15) is 12.6 Å². The Morgan fingerprint density at radius 1 is 1.37 bits per heavy atom. The minimum Gasteiger partial charge on any atom is -0.485 e. The van der Waals surface area contributed by atoms with Crippen LogP contribution in [0, 0.1) is 6.92 Å². The number of hydrogen-bond donors (Lipinski definition) is 2. The largest absolute Gasteiger partial charge is 0.485 e. The molecule has 2 heterocycles. The van der Waals surface area contributed by atoms with Crippen LogP contribution in [0.3, 0.4) is 0 Å². The molecule has 144 valence electrons. The molecule has 1 aliphatic rings. The van der Waals surface area contributed by atoms with Gasteiger partial charge in [0.15, 0.2) is 16.6 Å². The Hall–Kier alpha value is -2.26. The molecule has 27 heavy (non-hydrogen) atoms. The molecule has 0 fully saturated rings. The van der Waals surface area contributed by atoms with Crippen LogP contribution in [-0.4, -0.2) is 47.6 Å². The zero-order valence-electron chi connectivity index (χ0n) is 15.1. The molecule has 0 bridgehead atoms. The van der Waals surface area contributed by atoms with E-state index in [1.165, 1.54) is 11.3 Å². The van der Waals surface area contributed by atoms with E-state index in [0.717, 1.165) is 10.6 Å². The van der Waals surface area contributed by atoms with E-state index in [1.54, 1.807) is 30.1 Å². The quantitative estimate of drug-likeness (QED) is 0.733. The van der Waals surface area contributed by atoms with Crippen LogP contribution in [0.15, 0.2) is 30.5 Å². The van der Waals surface area contributed by atoms with Gasteiger partial charge >= 0.3 is 0 Å². The maximum absolute atomic E-state index is 12.6. The van der Waals surface area contributed by atoms with E-state index >= 15 is 0 Å². The summed E-state index contributed by atoms with van der Waals surface area (Å²) >= 11 is 3.00. The number of amides is 2. The third kappa shape index (κ3) is 5.14. The molecular formula is C18H21N3O4S2. The van der Waals surface area contributed by atoms with Crippen LogP contribution >= 0.6 is 23.1 Å². The van der Waals surface area contributed by atoms with Gasteiger partial charge in [-0.05, 0) is 37.5 Å². The molecule has 2 N–H and O–H groups in total. The number of para-hydroxylation sites is 2. The van der Waals surface area contributed by atoms with Crippen molar-refractivity contribution in [3.8, 4) is 11.5 Å². The number of benzene rings is 1. The smallest absolute Gasteiger partial charge is 0.265 e. The number of carbonyl (C=O) groups is 2. The van der Waals surface area contributed by atoms with Crippen LogP contribution in [0.5, 0.6) is 11.5 Å². The summed E-state index contributed by atoms with van der Waals surface area (Å²) in [5, 5.41) is 6.08. The Kier molecular flexibility index (Phi) is 6.57. The third-order valence-corrected chi connectivity index (χ3v) is 5.37. The summed E-state index contributed by atoms with van der Waals surface area (Å²) in [6, 6.07) is 6.51. The first-order chi connectivity index (χ1) is 13.1. The lowest BCUT2D eigenvalue weighted by atomic mass is 10.2. The summed E-state index contributed by atoms with van der Waals surface area (Å²) in [7, 11) is 0. The summed E-state index contributed by atoms with van der Waals surface area (Å²) in [6.07, 6.45) is 3.36. The number of anilines is 1. The van der Waals surface area contributed by atoms with Crippen molar-refractivity contribution in [1.29, 1.82) is 0 Å². The first-order valence-corrected chi connectivity index (χ1v) is 10.7. The molecule has 0 saturated carbocycles. The molecule has 7 nitrogen and oxygen atoms in total. The maximum atomic E-state index is 12.6. The summed E-state index contributed by atoms with van der Waals surface area (Å²) in [5.41, 5.74) is 0. The normalized spacial score (nSPS) is 16.4. The van der Waals surface area contributed by atoms with Gasteiger partial charge in [-0.2, -0.15) is 11.8 Å². The van der Waals surface area contributed by atoms with Gasteiger partial charge in [-0.15, -0.1) is 11.3 Å². The van der Waals surface area contributed by atoms with Crippen LogP contribution in [0.4, 0.5) is 5.13 Å². The zero-order chi connectivity index (χ0) is 19.2. The molecule has 2 aromatic rings. The van der Waals surface area contributed by atoms with Crippen molar-refractivity contribution in [3.63, 3.8) is 0 Å². The van der Waals surface area contributed by atoms with Crippen molar-refractivity contribution in [3.05, 3.63) is 35.3 Å². The molecule has 0 spiro atoms. The number of nitrogens with one attached hydrogen (secondary N) is 2. The molecule has 1 aliphatic heterocycles. The first kappa shape index (κ1) is 19.5. The molecule has 1 aromatic carbocycles. The monoisotopic (exact) mass is 407 g/mol. The topological polar surface area (TPSA) is 89.5 Å². The van der Waals surface area contributed by atoms with E-state index in [0.29, 0.717) is 23.1 Å². The third-order valence-electron chi connectivity index (χ3n) is 3.90. The molecule has 0 unspecified atom stereocenters. The van der Waals surface area contributed by atoms with Gasteiger partial charge < -0.3 is 20.1 Å². The fraction of sp³-hybridized carbons (Fsp3) is 0.389. The number of aromatic nitrogens is 1. The van der Waals surface area contributed by atoms with Gasteiger partial charge in [0.25, 0.3) is 5.91 Å². The van der Waals surface area contributed by atoms with Gasteiger partial charge in [-0.1, -0.05) is 12.1 Å². The van der Waals surface area contributed by atoms with Crippen molar-refractivity contribution in [2.75, 3.05) is 23.9 Å². The lowest BCUT2D eigenvalue weighted by Crippen LogP contribution is -2.51. The van der Waals surface area contributed by atoms with E-state index in [-0.39, 0.29) is 18.4 Å². The van der Waals surface area contributed by atoms with E-state index in [4.69, 9.17) is 9.47 Å². The van der Waals surface area contributed by atoms with Crippen LogP contribution < -0.4 is 20.1 Å². The van der Waals surface area contributed by atoms with Crippen molar-refractivity contribution >= 4 is 40.0 Å². The lowest BCUT2D eigenvalue weighted by molar-refractivity contribution is -0.133. The fourth-order valence-electron chi connectivity index (χ4n) is 2.52. The second-order valence-electron chi connectivity index (χ2n) is 5.97. The van der Waals surface area contributed by atoms with Crippen molar-refractivity contribution < 1.29 is 19.1 Å². The van der Waals surface area contributed by atoms with E-state index in [1.807, 2.05) is 25.3 Å². The number of fused-ring (bicyclic) bond motifs is 1. The average Bonchev–Trinajstić information content (AvgIpc) is 3.09. The minimum atomic E-state index is -0.799. The molecule has 0 aliphatic carbocycles. The molecular weight excluding hydrogens is 386 g/mol. The number of carbonyl (C=O) groups excluding carboxylic acids is 2. The number of nitrogens with zero attached hydrogens (tertiary/aromatic N) is 1. The molecule has 0 radical (unpaired) electrons. The highest BCUT2D eigenvalue weighted by molar-refractivity contribution is 7.98. The minimum absolute atomic E-state index is 0.103. The highest BCUT2D eigenvalue weighted by Crippen LogP contribution is 2.30. The van der Waals surface area contributed by atoms with E-state index < -0.39 is 12.1 Å². The fourth-order valence-corrected chi connectivity index (χ4v) is 3.66. The molecule has 3 rings (SSSR count).